The molecule has 0 aromatic carbocycles. The number of hydrogen-bond donors (Lipinski definition) is 1. The molecular formula is C8H14O3. The lowest BCUT2D eigenvalue weighted by atomic mass is 9.88. The Morgan fingerprint density at radius 3 is 2.36 bits per heavy atom. The molecule has 1 aliphatic carbocycles. The van der Waals surface area contributed by atoms with E-state index >= 15 is 0 Å². The SMILES string of the molecule is COC(=O)C(C)(O)C1(C)CC1. The first-order chi connectivity index (χ1) is 4.94. The minimum atomic E-state index is -1.30. The first-order valence-corrected chi connectivity index (χ1v) is 3.75. The summed E-state index contributed by atoms with van der Waals surface area (Å²) in [4.78, 5) is 11.0. The van der Waals surface area contributed by atoms with Crippen molar-refractivity contribution in [3.8, 4) is 0 Å². The monoisotopic (exact) mass is 158 g/mol. The maximum atomic E-state index is 11.0. The summed E-state index contributed by atoms with van der Waals surface area (Å²) >= 11 is 0. The number of methoxy groups -OCH3 is 1. The molecular weight excluding hydrogens is 144 g/mol. The van der Waals surface area contributed by atoms with E-state index in [1.807, 2.05) is 6.92 Å². The van der Waals surface area contributed by atoms with Crippen molar-refractivity contribution in [1.29, 1.82) is 0 Å². The van der Waals surface area contributed by atoms with E-state index in [9.17, 15) is 9.90 Å². The molecule has 0 aliphatic heterocycles. The van der Waals surface area contributed by atoms with Gasteiger partial charge in [-0.1, -0.05) is 6.92 Å². The van der Waals surface area contributed by atoms with Crippen LogP contribution < -0.4 is 0 Å². The van der Waals surface area contributed by atoms with E-state index in [2.05, 4.69) is 4.74 Å². The molecule has 0 heterocycles. The van der Waals surface area contributed by atoms with Crippen molar-refractivity contribution in [2.75, 3.05) is 7.11 Å². The Balaban J connectivity index is 2.73. The Kier molecular flexibility index (Phi) is 1.71. The van der Waals surface area contributed by atoms with Gasteiger partial charge in [0.25, 0.3) is 0 Å². The third kappa shape index (κ3) is 1.13. The molecule has 1 saturated carbocycles. The van der Waals surface area contributed by atoms with Gasteiger partial charge in [-0.25, -0.2) is 4.79 Å². The number of aliphatic hydroxyl groups is 1. The Hall–Kier alpha value is -0.570. The number of esters is 1. The van der Waals surface area contributed by atoms with Gasteiger partial charge >= 0.3 is 5.97 Å². The zero-order valence-electron chi connectivity index (χ0n) is 7.18. The van der Waals surface area contributed by atoms with Gasteiger partial charge in [0, 0.05) is 5.41 Å². The van der Waals surface area contributed by atoms with Crippen molar-refractivity contribution in [1.82, 2.24) is 0 Å². The summed E-state index contributed by atoms with van der Waals surface area (Å²) in [5, 5.41) is 9.71. The van der Waals surface area contributed by atoms with Crippen LogP contribution in [0, 0.1) is 5.41 Å². The lowest BCUT2D eigenvalue weighted by Crippen LogP contribution is -2.43. The molecule has 1 fully saturated rings. The van der Waals surface area contributed by atoms with Crippen LogP contribution in [0.25, 0.3) is 0 Å². The summed E-state index contributed by atoms with van der Waals surface area (Å²) in [6.45, 7) is 3.41. The van der Waals surface area contributed by atoms with Crippen LogP contribution in [0.3, 0.4) is 0 Å². The fourth-order valence-electron chi connectivity index (χ4n) is 1.12. The summed E-state index contributed by atoms with van der Waals surface area (Å²) in [6.07, 6.45) is 1.80. The van der Waals surface area contributed by atoms with Crippen LogP contribution in [0.5, 0.6) is 0 Å². The van der Waals surface area contributed by atoms with E-state index in [1.54, 1.807) is 0 Å². The topological polar surface area (TPSA) is 46.5 Å². The molecule has 64 valence electrons. The lowest BCUT2D eigenvalue weighted by molar-refractivity contribution is -0.167. The number of ether oxygens (including phenoxy) is 1. The Labute approximate surface area is 66.4 Å². The fourth-order valence-corrected chi connectivity index (χ4v) is 1.12. The molecule has 0 amide bonds. The summed E-state index contributed by atoms with van der Waals surface area (Å²) in [5.74, 6) is -0.530. The lowest BCUT2D eigenvalue weighted by Gasteiger charge is -2.26. The quantitative estimate of drug-likeness (QED) is 0.602. The van der Waals surface area contributed by atoms with E-state index in [0.717, 1.165) is 12.8 Å². The van der Waals surface area contributed by atoms with Crippen LogP contribution in [-0.2, 0) is 9.53 Å². The van der Waals surface area contributed by atoms with Gasteiger partial charge < -0.3 is 9.84 Å². The van der Waals surface area contributed by atoms with Crippen LogP contribution in [0.1, 0.15) is 26.7 Å². The smallest absolute Gasteiger partial charge is 0.338 e. The molecule has 0 aromatic rings. The van der Waals surface area contributed by atoms with Crippen molar-refractivity contribution >= 4 is 5.97 Å². The van der Waals surface area contributed by atoms with Crippen LogP contribution in [0.15, 0.2) is 0 Å². The first kappa shape index (κ1) is 8.53. The average molecular weight is 158 g/mol. The van der Waals surface area contributed by atoms with Crippen molar-refractivity contribution < 1.29 is 14.6 Å². The van der Waals surface area contributed by atoms with E-state index in [1.165, 1.54) is 14.0 Å². The average Bonchev–Trinajstić information content (AvgIpc) is 2.67. The molecule has 11 heavy (non-hydrogen) atoms. The van der Waals surface area contributed by atoms with E-state index in [-0.39, 0.29) is 5.41 Å². The maximum Gasteiger partial charge on any atom is 0.338 e. The van der Waals surface area contributed by atoms with Crippen LogP contribution in [-0.4, -0.2) is 23.8 Å². The minimum Gasteiger partial charge on any atom is -0.467 e. The van der Waals surface area contributed by atoms with Gasteiger partial charge in [0.15, 0.2) is 5.60 Å². The van der Waals surface area contributed by atoms with Gasteiger partial charge in [-0.15, -0.1) is 0 Å². The molecule has 3 nitrogen and oxygen atoms in total. The van der Waals surface area contributed by atoms with Crippen LogP contribution >= 0.6 is 0 Å². The minimum absolute atomic E-state index is 0.250. The normalized spacial score (nSPS) is 25.5. The second kappa shape index (κ2) is 2.21. The van der Waals surface area contributed by atoms with E-state index in [0.29, 0.717) is 0 Å². The van der Waals surface area contributed by atoms with E-state index in [4.69, 9.17) is 0 Å². The van der Waals surface area contributed by atoms with Crippen molar-refractivity contribution in [2.45, 2.75) is 32.3 Å². The number of carbonyl (C=O) groups excluding carboxylic acids is 1. The fraction of sp³-hybridized carbons (Fsp3) is 0.875. The molecule has 0 radical (unpaired) electrons. The Morgan fingerprint density at radius 2 is 2.09 bits per heavy atom. The first-order valence-electron chi connectivity index (χ1n) is 3.75. The molecule has 1 atom stereocenters. The highest BCUT2D eigenvalue weighted by Crippen LogP contribution is 2.53. The summed E-state index contributed by atoms with van der Waals surface area (Å²) in [6, 6.07) is 0. The Morgan fingerprint density at radius 1 is 1.64 bits per heavy atom. The second-order valence-electron chi connectivity index (χ2n) is 3.62. The molecule has 1 rings (SSSR count). The molecule has 0 bridgehead atoms. The van der Waals surface area contributed by atoms with Gasteiger partial charge in [-0.3, -0.25) is 0 Å². The van der Waals surface area contributed by atoms with Gasteiger partial charge in [-0.2, -0.15) is 0 Å². The third-order valence-electron chi connectivity index (χ3n) is 2.76. The molecule has 0 saturated heterocycles. The zero-order valence-corrected chi connectivity index (χ0v) is 7.18. The molecule has 1 N–H and O–H groups in total. The predicted octanol–water partition coefficient (Wildman–Crippen LogP) is 0.710. The molecule has 0 spiro atoms. The number of rotatable bonds is 2. The highest BCUT2D eigenvalue weighted by atomic mass is 16.5. The second-order valence-corrected chi connectivity index (χ2v) is 3.62. The van der Waals surface area contributed by atoms with Crippen molar-refractivity contribution in [2.24, 2.45) is 5.41 Å². The number of carbonyl (C=O) groups is 1. The number of hydrogen-bond acceptors (Lipinski definition) is 3. The Bertz CT molecular complexity index is 180. The largest absolute Gasteiger partial charge is 0.467 e. The molecule has 0 aromatic heterocycles. The van der Waals surface area contributed by atoms with Gasteiger partial charge in [-0.05, 0) is 19.8 Å². The van der Waals surface area contributed by atoms with Crippen molar-refractivity contribution in [3.05, 3.63) is 0 Å². The predicted molar refractivity (Wildman–Crippen MR) is 40.0 cm³/mol. The highest BCUT2D eigenvalue weighted by Gasteiger charge is 2.57. The molecule has 1 aliphatic rings. The van der Waals surface area contributed by atoms with Gasteiger partial charge in [0.2, 0.25) is 0 Å². The van der Waals surface area contributed by atoms with Crippen molar-refractivity contribution in [3.63, 3.8) is 0 Å². The molecule has 1 unspecified atom stereocenters. The highest BCUT2D eigenvalue weighted by molar-refractivity contribution is 5.80. The van der Waals surface area contributed by atoms with E-state index < -0.39 is 11.6 Å². The third-order valence-corrected chi connectivity index (χ3v) is 2.76. The van der Waals surface area contributed by atoms with Gasteiger partial charge in [0.1, 0.15) is 0 Å². The van der Waals surface area contributed by atoms with Gasteiger partial charge in [0.05, 0.1) is 7.11 Å². The zero-order chi connectivity index (χ0) is 8.70. The summed E-state index contributed by atoms with van der Waals surface area (Å²) in [5.41, 5.74) is -1.55. The van der Waals surface area contributed by atoms with Crippen LogP contribution in [0.2, 0.25) is 0 Å². The summed E-state index contributed by atoms with van der Waals surface area (Å²) in [7, 11) is 1.29. The summed E-state index contributed by atoms with van der Waals surface area (Å²) < 4.78 is 4.49. The molecule has 3 heteroatoms. The van der Waals surface area contributed by atoms with Crippen LogP contribution in [0.4, 0.5) is 0 Å². The maximum absolute atomic E-state index is 11.0. The standard InChI is InChI=1S/C8H14O3/c1-7(4-5-7)8(2,10)6(9)11-3/h10H,4-5H2,1-3H3.